The lowest BCUT2D eigenvalue weighted by atomic mass is 9.86. The predicted molar refractivity (Wildman–Crippen MR) is 102 cm³/mol. The average Bonchev–Trinajstić information content (AvgIpc) is 2.62. The summed E-state index contributed by atoms with van der Waals surface area (Å²) in [6.07, 6.45) is -0.417. The third kappa shape index (κ3) is 3.73. The molecule has 28 heavy (non-hydrogen) atoms. The molecule has 0 bridgehead atoms. The van der Waals surface area contributed by atoms with Crippen LogP contribution in [-0.4, -0.2) is 17.2 Å². The highest BCUT2D eigenvalue weighted by molar-refractivity contribution is 6.42. The van der Waals surface area contributed by atoms with E-state index in [-0.39, 0.29) is 33.7 Å². The number of aliphatic hydroxyl groups excluding tert-OH is 1. The Morgan fingerprint density at radius 2 is 2.00 bits per heavy atom. The van der Waals surface area contributed by atoms with Crippen LogP contribution in [0.1, 0.15) is 36.8 Å². The molecular weight excluding hydrogens is 409 g/mol. The van der Waals surface area contributed by atoms with Crippen LogP contribution in [0.2, 0.25) is 10.0 Å². The number of hydrogen-bond acceptors (Lipinski definition) is 7. The van der Waals surface area contributed by atoms with Gasteiger partial charge in [-0.1, -0.05) is 29.3 Å². The average molecular weight is 426 g/mol. The zero-order valence-electron chi connectivity index (χ0n) is 15.0. The highest BCUT2D eigenvalue weighted by Crippen LogP contribution is 2.43. The van der Waals surface area contributed by atoms with Crippen LogP contribution in [0, 0.1) is 0 Å². The van der Waals surface area contributed by atoms with Crippen molar-refractivity contribution in [3.63, 3.8) is 0 Å². The molecule has 1 aromatic heterocycles. The van der Waals surface area contributed by atoms with Gasteiger partial charge in [0.15, 0.2) is 5.76 Å². The van der Waals surface area contributed by atoms with Crippen LogP contribution in [-0.2, 0) is 16.1 Å². The molecule has 7 nitrogen and oxygen atoms in total. The van der Waals surface area contributed by atoms with Crippen LogP contribution >= 0.6 is 23.2 Å². The van der Waals surface area contributed by atoms with Crippen molar-refractivity contribution < 1.29 is 23.8 Å². The van der Waals surface area contributed by atoms with Gasteiger partial charge in [-0.05, 0) is 31.5 Å². The third-order valence-corrected chi connectivity index (χ3v) is 4.74. The first-order valence-electron chi connectivity index (χ1n) is 8.34. The van der Waals surface area contributed by atoms with Gasteiger partial charge in [-0.15, -0.1) is 0 Å². The van der Waals surface area contributed by atoms with Gasteiger partial charge in [-0.25, -0.2) is 4.79 Å². The smallest absolute Gasteiger partial charge is 0.340 e. The number of fused-ring (bicyclic) bond motifs is 1. The topological polar surface area (TPSA) is 112 Å². The number of aliphatic hydroxyl groups is 1. The minimum absolute atomic E-state index is 0.00876. The minimum atomic E-state index is -0.941. The number of esters is 1. The first-order valence-corrected chi connectivity index (χ1v) is 9.09. The first kappa shape index (κ1) is 20.3. The summed E-state index contributed by atoms with van der Waals surface area (Å²) >= 11 is 12.1. The van der Waals surface area contributed by atoms with E-state index in [1.165, 1.54) is 6.07 Å². The summed E-state index contributed by atoms with van der Waals surface area (Å²) in [5, 5.41) is 9.96. The molecule has 0 unspecified atom stereocenters. The zero-order valence-corrected chi connectivity index (χ0v) is 16.5. The minimum Gasteiger partial charge on any atom is -0.459 e. The van der Waals surface area contributed by atoms with Crippen LogP contribution in [0.15, 0.2) is 44.9 Å². The van der Waals surface area contributed by atoms with Crippen molar-refractivity contribution in [2.45, 2.75) is 32.5 Å². The van der Waals surface area contributed by atoms with Crippen molar-refractivity contribution in [1.82, 2.24) is 0 Å². The molecule has 2 heterocycles. The van der Waals surface area contributed by atoms with Gasteiger partial charge in [-0.2, -0.15) is 0 Å². The Hall–Kier alpha value is -2.48. The lowest BCUT2D eigenvalue weighted by molar-refractivity contribution is -0.143. The number of carbonyl (C=O) groups excluding carboxylic acids is 1. The van der Waals surface area contributed by atoms with Crippen molar-refractivity contribution >= 4 is 29.2 Å². The van der Waals surface area contributed by atoms with E-state index in [2.05, 4.69) is 0 Å². The van der Waals surface area contributed by atoms with Crippen molar-refractivity contribution in [3.8, 4) is 5.75 Å². The maximum atomic E-state index is 12.7. The summed E-state index contributed by atoms with van der Waals surface area (Å²) < 4.78 is 16.3. The fourth-order valence-electron chi connectivity index (χ4n) is 2.86. The Balaban J connectivity index is 2.27. The zero-order chi connectivity index (χ0) is 20.6. The second-order valence-corrected chi connectivity index (χ2v) is 7.18. The highest BCUT2D eigenvalue weighted by atomic mass is 35.5. The maximum Gasteiger partial charge on any atom is 0.340 e. The molecule has 3 rings (SSSR count). The molecule has 3 N–H and O–H groups in total. The Bertz CT molecular complexity index is 1030. The van der Waals surface area contributed by atoms with E-state index in [1.807, 2.05) is 0 Å². The second kappa shape index (κ2) is 7.87. The number of carbonyl (C=O) groups is 1. The summed E-state index contributed by atoms with van der Waals surface area (Å²) in [7, 11) is 0. The van der Waals surface area contributed by atoms with Gasteiger partial charge >= 0.3 is 5.97 Å². The van der Waals surface area contributed by atoms with E-state index in [1.54, 1.807) is 26.0 Å². The molecule has 0 radical (unpaired) electrons. The number of ether oxygens (including phenoxy) is 2. The van der Waals surface area contributed by atoms with E-state index in [4.69, 9.17) is 42.8 Å². The molecular formula is C19H17Cl2NO6. The van der Waals surface area contributed by atoms with Crippen LogP contribution in [0.4, 0.5) is 0 Å². The highest BCUT2D eigenvalue weighted by Gasteiger charge is 2.39. The van der Waals surface area contributed by atoms with E-state index in [0.717, 1.165) is 6.07 Å². The summed E-state index contributed by atoms with van der Waals surface area (Å²) in [6, 6.07) is 5.79. The molecule has 148 valence electrons. The molecule has 9 heteroatoms. The largest absolute Gasteiger partial charge is 0.459 e. The second-order valence-electron chi connectivity index (χ2n) is 6.37. The van der Waals surface area contributed by atoms with Crippen LogP contribution in [0.25, 0.3) is 0 Å². The molecule has 0 saturated heterocycles. The fraction of sp³-hybridized carbons (Fsp3) is 0.263. The summed E-state index contributed by atoms with van der Waals surface area (Å²) in [5.41, 5.74) is 5.87. The molecule has 1 aromatic carbocycles. The van der Waals surface area contributed by atoms with E-state index >= 15 is 0 Å². The van der Waals surface area contributed by atoms with Gasteiger partial charge in [0, 0.05) is 6.07 Å². The Morgan fingerprint density at radius 3 is 2.61 bits per heavy atom. The fourth-order valence-corrected chi connectivity index (χ4v) is 3.17. The number of hydrogen-bond donors (Lipinski definition) is 2. The van der Waals surface area contributed by atoms with Gasteiger partial charge in [0.25, 0.3) is 0 Å². The van der Waals surface area contributed by atoms with Crippen molar-refractivity contribution in [2.75, 3.05) is 0 Å². The first-order chi connectivity index (χ1) is 13.2. The molecule has 0 fully saturated rings. The number of nitrogens with two attached hydrogens (primary N) is 1. The Morgan fingerprint density at radius 1 is 1.29 bits per heavy atom. The van der Waals surface area contributed by atoms with Gasteiger partial charge < -0.3 is 24.7 Å². The molecule has 0 saturated carbocycles. The molecule has 1 atom stereocenters. The van der Waals surface area contributed by atoms with E-state index < -0.39 is 30.0 Å². The number of benzene rings is 1. The van der Waals surface area contributed by atoms with E-state index in [0.29, 0.717) is 10.6 Å². The quantitative estimate of drug-likeness (QED) is 0.723. The van der Waals surface area contributed by atoms with Gasteiger partial charge in [0.05, 0.1) is 22.1 Å². The lowest BCUT2D eigenvalue weighted by Crippen LogP contribution is -2.31. The van der Waals surface area contributed by atoms with Crippen LogP contribution < -0.4 is 15.9 Å². The van der Waals surface area contributed by atoms with Crippen molar-refractivity contribution in [2.24, 2.45) is 5.73 Å². The predicted octanol–water partition coefficient (Wildman–Crippen LogP) is 3.09. The SMILES string of the molecule is CC(C)OC(=O)C1=C(N)Oc2c(oc(CO)cc2=O)[C@H]1c1ccc(Cl)c(Cl)c1. The van der Waals surface area contributed by atoms with Gasteiger partial charge in [0.1, 0.15) is 17.9 Å². The van der Waals surface area contributed by atoms with Crippen LogP contribution in [0.5, 0.6) is 5.75 Å². The summed E-state index contributed by atoms with van der Waals surface area (Å²) in [5.74, 6) is -2.10. The molecule has 0 amide bonds. The molecule has 0 spiro atoms. The Kier molecular flexibility index (Phi) is 5.69. The van der Waals surface area contributed by atoms with Crippen LogP contribution in [0.3, 0.4) is 0 Å². The standard InChI is InChI=1S/C19H17Cl2NO6/c1-8(2)26-19(25)15-14(9-3-4-11(20)12(21)5-9)17-16(28-18(15)22)13(24)6-10(7-23)27-17/h3-6,8,14,23H,7,22H2,1-2H3/t14-/m0/s1. The normalized spacial score (nSPS) is 16.0. The molecule has 1 aliphatic heterocycles. The lowest BCUT2D eigenvalue weighted by Gasteiger charge is -2.27. The molecule has 2 aromatic rings. The number of halogens is 2. The number of rotatable bonds is 4. The van der Waals surface area contributed by atoms with Gasteiger partial charge in [-0.3, -0.25) is 4.79 Å². The van der Waals surface area contributed by atoms with E-state index in [9.17, 15) is 14.7 Å². The van der Waals surface area contributed by atoms with Crippen molar-refractivity contribution in [3.05, 3.63) is 73.1 Å². The molecule has 1 aliphatic rings. The van der Waals surface area contributed by atoms with Gasteiger partial charge in [0.2, 0.25) is 17.1 Å². The third-order valence-electron chi connectivity index (χ3n) is 4.00. The summed E-state index contributed by atoms with van der Waals surface area (Å²) in [4.78, 5) is 25.1. The summed E-state index contributed by atoms with van der Waals surface area (Å²) in [6.45, 7) is 2.86. The Labute approximate surface area is 170 Å². The monoisotopic (exact) mass is 425 g/mol. The maximum absolute atomic E-state index is 12.7. The molecule has 0 aliphatic carbocycles. The van der Waals surface area contributed by atoms with Crippen molar-refractivity contribution in [1.29, 1.82) is 0 Å².